The van der Waals surface area contributed by atoms with Crippen LogP contribution in [0.2, 0.25) is 0 Å². The molecule has 0 spiro atoms. The minimum Gasteiger partial charge on any atom is -0.308 e. The number of likely N-dealkylation sites (tertiary alicyclic amines) is 1. The molecule has 2 rings (SSSR count). The summed E-state index contributed by atoms with van der Waals surface area (Å²) in [5, 5.41) is 6.92. The van der Waals surface area contributed by atoms with Crippen LogP contribution in [0, 0.1) is 6.92 Å². The monoisotopic (exact) mass is 225 g/mol. The van der Waals surface area contributed by atoms with Crippen LogP contribution in [-0.2, 0) is 6.54 Å². The fraction of sp³-hybridized carbons (Fsp3) is 0.727. The van der Waals surface area contributed by atoms with Gasteiger partial charge in [0, 0.05) is 23.7 Å². The number of aryl methyl sites for hydroxylation is 1. The van der Waals surface area contributed by atoms with Crippen molar-refractivity contribution in [2.24, 2.45) is 0 Å². The molecule has 0 unspecified atom stereocenters. The van der Waals surface area contributed by atoms with Crippen LogP contribution in [0.15, 0.2) is 5.38 Å². The number of aromatic nitrogens is 1. The van der Waals surface area contributed by atoms with E-state index in [0.29, 0.717) is 6.04 Å². The van der Waals surface area contributed by atoms with Gasteiger partial charge in [-0.3, -0.25) is 0 Å². The zero-order chi connectivity index (χ0) is 10.7. The summed E-state index contributed by atoms with van der Waals surface area (Å²) in [6.07, 6.45) is 2.53. The summed E-state index contributed by atoms with van der Waals surface area (Å²) < 4.78 is 0. The van der Waals surface area contributed by atoms with Gasteiger partial charge < -0.3 is 10.2 Å². The van der Waals surface area contributed by atoms with Crippen LogP contribution < -0.4 is 5.32 Å². The summed E-state index contributed by atoms with van der Waals surface area (Å²) in [5.74, 6) is 0. The van der Waals surface area contributed by atoms with Gasteiger partial charge in [0.05, 0.1) is 0 Å². The second kappa shape index (κ2) is 5.05. The quantitative estimate of drug-likeness (QED) is 0.847. The fourth-order valence-electron chi connectivity index (χ4n) is 1.93. The highest BCUT2D eigenvalue weighted by molar-refractivity contribution is 7.09. The summed E-state index contributed by atoms with van der Waals surface area (Å²) in [6.45, 7) is 5.42. The first-order chi connectivity index (χ1) is 7.24. The van der Waals surface area contributed by atoms with Gasteiger partial charge in [0.2, 0.25) is 0 Å². The van der Waals surface area contributed by atoms with Crippen LogP contribution in [0.4, 0.5) is 0 Å². The first-order valence-corrected chi connectivity index (χ1v) is 6.45. The van der Waals surface area contributed by atoms with E-state index in [4.69, 9.17) is 0 Å². The average Bonchev–Trinajstić information content (AvgIpc) is 2.64. The number of thiazole rings is 1. The number of hydrogen-bond acceptors (Lipinski definition) is 4. The lowest BCUT2D eigenvalue weighted by atomic mass is 10.1. The Morgan fingerprint density at radius 1 is 1.53 bits per heavy atom. The summed E-state index contributed by atoms with van der Waals surface area (Å²) >= 11 is 1.75. The zero-order valence-corrected chi connectivity index (χ0v) is 10.3. The van der Waals surface area contributed by atoms with E-state index in [1.807, 2.05) is 0 Å². The summed E-state index contributed by atoms with van der Waals surface area (Å²) in [5.41, 5.74) is 1.14. The Kier molecular flexibility index (Phi) is 3.72. The highest BCUT2D eigenvalue weighted by Gasteiger charge is 2.15. The molecule has 1 fully saturated rings. The lowest BCUT2D eigenvalue weighted by molar-refractivity contribution is 0.234. The lowest BCUT2D eigenvalue weighted by Crippen LogP contribution is -2.40. The van der Waals surface area contributed by atoms with Crippen LogP contribution in [0.3, 0.4) is 0 Å². The first-order valence-electron chi connectivity index (χ1n) is 5.57. The molecule has 1 aromatic rings. The van der Waals surface area contributed by atoms with Gasteiger partial charge in [-0.1, -0.05) is 0 Å². The Hall–Kier alpha value is -0.450. The van der Waals surface area contributed by atoms with Gasteiger partial charge in [-0.25, -0.2) is 4.98 Å². The fourth-order valence-corrected chi connectivity index (χ4v) is 2.65. The van der Waals surface area contributed by atoms with Crippen molar-refractivity contribution >= 4 is 11.3 Å². The summed E-state index contributed by atoms with van der Waals surface area (Å²) in [7, 11) is 2.19. The highest BCUT2D eigenvalue weighted by atomic mass is 32.1. The molecule has 0 bridgehead atoms. The normalized spacial score (nSPS) is 19.6. The standard InChI is InChI=1S/C11H19N3S/c1-9-8-15-11(13-9)7-12-10-3-5-14(2)6-4-10/h8,10,12H,3-7H2,1-2H3. The molecule has 2 heterocycles. The van der Waals surface area contributed by atoms with Gasteiger partial charge in [-0.15, -0.1) is 11.3 Å². The first kappa shape index (κ1) is 11.0. The molecular weight excluding hydrogens is 206 g/mol. The van der Waals surface area contributed by atoms with E-state index >= 15 is 0 Å². The molecular formula is C11H19N3S. The SMILES string of the molecule is Cc1csc(CNC2CCN(C)CC2)n1. The Morgan fingerprint density at radius 2 is 2.27 bits per heavy atom. The Morgan fingerprint density at radius 3 is 2.87 bits per heavy atom. The van der Waals surface area contributed by atoms with Crippen LogP contribution in [0.5, 0.6) is 0 Å². The Labute approximate surface area is 95.5 Å². The highest BCUT2D eigenvalue weighted by Crippen LogP contribution is 2.11. The molecule has 3 nitrogen and oxygen atoms in total. The lowest BCUT2D eigenvalue weighted by Gasteiger charge is -2.29. The van der Waals surface area contributed by atoms with Gasteiger partial charge in [0.15, 0.2) is 0 Å². The third-order valence-electron chi connectivity index (χ3n) is 2.93. The molecule has 0 saturated carbocycles. The molecule has 84 valence electrons. The van der Waals surface area contributed by atoms with E-state index in [1.54, 1.807) is 11.3 Å². The largest absolute Gasteiger partial charge is 0.308 e. The van der Waals surface area contributed by atoms with Crippen molar-refractivity contribution < 1.29 is 0 Å². The van der Waals surface area contributed by atoms with Gasteiger partial charge in [-0.2, -0.15) is 0 Å². The van der Waals surface area contributed by atoms with Crippen molar-refractivity contribution in [1.29, 1.82) is 0 Å². The van der Waals surface area contributed by atoms with E-state index < -0.39 is 0 Å². The van der Waals surface area contributed by atoms with Crippen LogP contribution >= 0.6 is 11.3 Å². The van der Waals surface area contributed by atoms with Crippen molar-refractivity contribution in [3.8, 4) is 0 Å². The van der Waals surface area contributed by atoms with Crippen molar-refractivity contribution in [1.82, 2.24) is 15.2 Å². The maximum atomic E-state index is 4.46. The van der Waals surface area contributed by atoms with Crippen molar-refractivity contribution in [2.75, 3.05) is 20.1 Å². The average molecular weight is 225 g/mol. The minimum atomic E-state index is 0.686. The van der Waals surface area contributed by atoms with Gasteiger partial charge >= 0.3 is 0 Å². The zero-order valence-electron chi connectivity index (χ0n) is 9.49. The molecule has 1 aliphatic rings. The Bertz CT molecular complexity index is 303. The maximum absolute atomic E-state index is 4.46. The third kappa shape index (κ3) is 3.26. The molecule has 0 aromatic carbocycles. The van der Waals surface area contributed by atoms with Gasteiger partial charge in [0.25, 0.3) is 0 Å². The molecule has 0 amide bonds. The van der Waals surface area contributed by atoms with Crippen LogP contribution in [-0.4, -0.2) is 36.1 Å². The topological polar surface area (TPSA) is 28.2 Å². The molecule has 1 aromatic heterocycles. The summed E-state index contributed by atoms with van der Waals surface area (Å²) in [6, 6.07) is 0.686. The van der Waals surface area contributed by atoms with Crippen LogP contribution in [0.1, 0.15) is 23.5 Å². The van der Waals surface area contributed by atoms with E-state index in [-0.39, 0.29) is 0 Å². The molecule has 0 aliphatic carbocycles. The second-order valence-electron chi connectivity index (χ2n) is 4.34. The predicted octanol–water partition coefficient (Wildman–Crippen LogP) is 1.64. The maximum Gasteiger partial charge on any atom is 0.107 e. The summed E-state index contributed by atoms with van der Waals surface area (Å²) in [4.78, 5) is 6.85. The van der Waals surface area contributed by atoms with Crippen molar-refractivity contribution in [3.63, 3.8) is 0 Å². The van der Waals surface area contributed by atoms with Gasteiger partial charge in [0.1, 0.15) is 5.01 Å². The molecule has 1 N–H and O–H groups in total. The molecule has 0 atom stereocenters. The minimum absolute atomic E-state index is 0.686. The van der Waals surface area contributed by atoms with E-state index in [1.165, 1.54) is 30.9 Å². The number of nitrogens with zero attached hydrogens (tertiary/aromatic N) is 2. The van der Waals surface area contributed by atoms with Crippen LogP contribution in [0.25, 0.3) is 0 Å². The molecule has 1 aliphatic heterocycles. The smallest absolute Gasteiger partial charge is 0.107 e. The van der Waals surface area contributed by atoms with E-state index in [2.05, 4.69) is 34.6 Å². The molecule has 15 heavy (non-hydrogen) atoms. The Balaban J connectivity index is 1.74. The van der Waals surface area contributed by atoms with Gasteiger partial charge in [-0.05, 0) is 39.9 Å². The van der Waals surface area contributed by atoms with E-state index in [0.717, 1.165) is 12.2 Å². The second-order valence-corrected chi connectivity index (χ2v) is 5.28. The molecule has 4 heteroatoms. The number of hydrogen-bond donors (Lipinski definition) is 1. The van der Waals surface area contributed by atoms with Crippen molar-refractivity contribution in [3.05, 3.63) is 16.1 Å². The third-order valence-corrected chi connectivity index (χ3v) is 3.89. The number of rotatable bonds is 3. The number of nitrogens with one attached hydrogen (secondary N) is 1. The molecule has 1 saturated heterocycles. The van der Waals surface area contributed by atoms with E-state index in [9.17, 15) is 0 Å². The predicted molar refractivity (Wildman–Crippen MR) is 64.2 cm³/mol. The number of piperidine rings is 1. The van der Waals surface area contributed by atoms with Crippen molar-refractivity contribution in [2.45, 2.75) is 32.4 Å². The molecule has 0 radical (unpaired) electrons.